The van der Waals surface area contributed by atoms with Crippen molar-refractivity contribution in [1.82, 2.24) is 5.32 Å². The van der Waals surface area contributed by atoms with Gasteiger partial charge in [-0.2, -0.15) is 0 Å². The van der Waals surface area contributed by atoms with Gasteiger partial charge in [0.15, 0.2) is 0 Å². The quantitative estimate of drug-likeness (QED) is 0.785. The van der Waals surface area contributed by atoms with Gasteiger partial charge in [-0.3, -0.25) is 9.00 Å². The minimum Gasteiger partial charge on any atom is -0.384 e. The number of nitrogens with one attached hydrogen (secondary N) is 1. The van der Waals surface area contributed by atoms with Gasteiger partial charge in [-0.15, -0.1) is 0 Å². The third-order valence-corrected chi connectivity index (χ3v) is 3.77. The smallest absolute Gasteiger partial charge is 0.254 e. The fourth-order valence-corrected chi connectivity index (χ4v) is 2.05. The molecular weight excluding hydrogens is 281 g/mol. The van der Waals surface area contributed by atoms with Crippen LogP contribution in [-0.4, -0.2) is 39.9 Å². The number of benzene rings is 1. The van der Waals surface area contributed by atoms with Crippen molar-refractivity contribution in [3.05, 3.63) is 35.1 Å². The molecule has 108 valence electrons. The molecule has 1 rings (SSSR count). The third kappa shape index (κ3) is 5.11. The normalized spacial score (nSPS) is 11.3. The lowest BCUT2D eigenvalue weighted by Gasteiger charge is -2.06. The molecule has 0 saturated carbocycles. The lowest BCUT2D eigenvalue weighted by atomic mass is 10.1. The Balaban J connectivity index is 2.67. The minimum absolute atomic E-state index is 0.0816. The first kappa shape index (κ1) is 16.3. The maximum absolute atomic E-state index is 13.7. The van der Waals surface area contributed by atoms with Gasteiger partial charge in [0.1, 0.15) is 12.4 Å². The summed E-state index contributed by atoms with van der Waals surface area (Å²) in [5.74, 6) is 4.61. The Morgan fingerprint density at radius 1 is 1.50 bits per heavy atom. The summed E-state index contributed by atoms with van der Waals surface area (Å²) in [6.07, 6.45) is 0. The standard InChI is InChI=1S/C14H16FNO3S/c1-2-20(19)9-7-16-14(18)12-6-5-11(4-3-8-17)10-13(12)15/h5-6,10,17H,2,7-9H2,1H3,(H,16,18). The van der Waals surface area contributed by atoms with Gasteiger partial charge >= 0.3 is 0 Å². The molecule has 0 radical (unpaired) electrons. The average Bonchev–Trinajstić information content (AvgIpc) is 2.44. The van der Waals surface area contributed by atoms with Crippen molar-refractivity contribution in [2.75, 3.05) is 24.7 Å². The van der Waals surface area contributed by atoms with Gasteiger partial charge in [0, 0.05) is 34.4 Å². The lowest BCUT2D eigenvalue weighted by Crippen LogP contribution is -2.28. The molecule has 0 aromatic heterocycles. The van der Waals surface area contributed by atoms with Gasteiger partial charge in [-0.1, -0.05) is 18.8 Å². The number of rotatable bonds is 5. The van der Waals surface area contributed by atoms with E-state index in [0.29, 0.717) is 17.1 Å². The molecule has 1 aromatic carbocycles. The summed E-state index contributed by atoms with van der Waals surface area (Å²) in [4.78, 5) is 11.7. The molecular formula is C14H16FNO3S. The van der Waals surface area contributed by atoms with Crippen LogP contribution in [0.2, 0.25) is 0 Å². The van der Waals surface area contributed by atoms with Crippen LogP contribution in [0.1, 0.15) is 22.8 Å². The number of aliphatic hydroxyl groups is 1. The van der Waals surface area contributed by atoms with Crippen molar-refractivity contribution >= 4 is 16.7 Å². The van der Waals surface area contributed by atoms with E-state index in [1.165, 1.54) is 12.1 Å². The maximum Gasteiger partial charge on any atom is 0.254 e. The predicted octanol–water partition coefficient (Wildman–Crippen LogP) is 0.668. The Hall–Kier alpha value is -1.71. The Bertz CT molecular complexity index is 563. The molecule has 1 atom stereocenters. The highest BCUT2D eigenvalue weighted by molar-refractivity contribution is 7.84. The van der Waals surface area contributed by atoms with E-state index in [-0.39, 0.29) is 18.7 Å². The molecule has 1 aromatic rings. The first-order valence-corrected chi connectivity index (χ1v) is 7.59. The average molecular weight is 297 g/mol. The van der Waals surface area contributed by atoms with Crippen LogP contribution in [0.4, 0.5) is 4.39 Å². The molecule has 4 nitrogen and oxygen atoms in total. The predicted molar refractivity (Wildman–Crippen MR) is 76.2 cm³/mol. The van der Waals surface area contributed by atoms with E-state index in [1.807, 2.05) is 0 Å². The topological polar surface area (TPSA) is 66.4 Å². The van der Waals surface area contributed by atoms with Crippen LogP contribution < -0.4 is 5.32 Å². The van der Waals surface area contributed by atoms with Crippen molar-refractivity contribution in [2.45, 2.75) is 6.92 Å². The number of hydrogen-bond acceptors (Lipinski definition) is 3. The second kappa shape index (κ2) is 8.46. The SMILES string of the molecule is CCS(=O)CCNC(=O)c1ccc(C#CCO)cc1F. The highest BCUT2D eigenvalue weighted by Gasteiger charge is 2.11. The largest absolute Gasteiger partial charge is 0.384 e. The van der Waals surface area contributed by atoms with Crippen molar-refractivity contribution in [3.8, 4) is 11.8 Å². The molecule has 0 heterocycles. The Morgan fingerprint density at radius 3 is 2.85 bits per heavy atom. The summed E-state index contributed by atoms with van der Waals surface area (Å²) in [6.45, 7) is 1.73. The second-order valence-electron chi connectivity index (χ2n) is 3.84. The van der Waals surface area contributed by atoms with E-state index in [9.17, 15) is 13.4 Å². The first-order chi connectivity index (χ1) is 9.58. The van der Waals surface area contributed by atoms with Gasteiger partial charge in [0.2, 0.25) is 0 Å². The zero-order valence-electron chi connectivity index (χ0n) is 11.1. The summed E-state index contributed by atoms with van der Waals surface area (Å²) in [5.41, 5.74) is 0.307. The Kier molecular flexibility index (Phi) is 6.91. The first-order valence-electron chi connectivity index (χ1n) is 6.11. The van der Waals surface area contributed by atoms with E-state index in [0.717, 1.165) is 6.07 Å². The second-order valence-corrected chi connectivity index (χ2v) is 5.71. The molecule has 0 bridgehead atoms. The summed E-state index contributed by atoms with van der Waals surface area (Å²) in [6, 6.07) is 3.98. The molecule has 0 aliphatic heterocycles. The van der Waals surface area contributed by atoms with Crippen LogP contribution in [0, 0.1) is 17.7 Å². The maximum atomic E-state index is 13.7. The molecule has 0 spiro atoms. The minimum atomic E-state index is -0.963. The van der Waals surface area contributed by atoms with Crippen LogP contribution >= 0.6 is 0 Å². The highest BCUT2D eigenvalue weighted by Crippen LogP contribution is 2.09. The molecule has 0 saturated heterocycles. The molecule has 20 heavy (non-hydrogen) atoms. The van der Waals surface area contributed by atoms with Gasteiger partial charge in [0.05, 0.1) is 5.56 Å². The summed E-state index contributed by atoms with van der Waals surface area (Å²) in [7, 11) is -0.963. The number of aliphatic hydroxyl groups excluding tert-OH is 1. The van der Waals surface area contributed by atoms with Crippen LogP contribution in [-0.2, 0) is 10.8 Å². The number of carbonyl (C=O) groups is 1. The van der Waals surface area contributed by atoms with Crippen LogP contribution in [0.3, 0.4) is 0 Å². The summed E-state index contributed by atoms with van der Waals surface area (Å²) in [5, 5.41) is 11.1. The van der Waals surface area contributed by atoms with E-state index >= 15 is 0 Å². The number of halogens is 1. The van der Waals surface area contributed by atoms with Crippen molar-refractivity contribution < 1.29 is 18.5 Å². The Morgan fingerprint density at radius 2 is 2.25 bits per heavy atom. The van der Waals surface area contributed by atoms with Gasteiger partial charge in [0.25, 0.3) is 5.91 Å². The molecule has 0 aliphatic rings. The zero-order chi connectivity index (χ0) is 15.0. The number of amides is 1. The monoisotopic (exact) mass is 297 g/mol. The van der Waals surface area contributed by atoms with Gasteiger partial charge in [-0.25, -0.2) is 4.39 Å². The fraction of sp³-hybridized carbons (Fsp3) is 0.357. The Labute approximate surface area is 119 Å². The number of carbonyl (C=O) groups excluding carboxylic acids is 1. The van der Waals surface area contributed by atoms with Gasteiger partial charge in [-0.05, 0) is 18.2 Å². The fourth-order valence-electron chi connectivity index (χ4n) is 1.44. The third-order valence-electron chi connectivity index (χ3n) is 2.46. The molecule has 1 amide bonds. The molecule has 1 unspecified atom stereocenters. The van der Waals surface area contributed by atoms with Crippen LogP contribution in [0.5, 0.6) is 0 Å². The van der Waals surface area contributed by atoms with Crippen molar-refractivity contribution in [1.29, 1.82) is 0 Å². The zero-order valence-corrected chi connectivity index (χ0v) is 11.9. The van der Waals surface area contributed by atoms with Crippen LogP contribution in [0.15, 0.2) is 18.2 Å². The highest BCUT2D eigenvalue weighted by atomic mass is 32.2. The number of hydrogen-bond donors (Lipinski definition) is 2. The molecule has 0 aliphatic carbocycles. The molecule has 6 heteroatoms. The van der Waals surface area contributed by atoms with Gasteiger partial charge < -0.3 is 10.4 Å². The molecule has 0 fully saturated rings. The van der Waals surface area contributed by atoms with Crippen LogP contribution in [0.25, 0.3) is 0 Å². The molecule has 2 N–H and O–H groups in total. The van der Waals surface area contributed by atoms with E-state index < -0.39 is 22.5 Å². The van der Waals surface area contributed by atoms with Crippen molar-refractivity contribution in [2.24, 2.45) is 0 Å². The summed E-state index contributed by atoms with van der Waals surface area (Å²) < 4.78 is 24.9. The summed E-state index contributed by atoms with van der Waals surface area (Å²) >= 11 is 0. The van der Waals surface area contributed by atoms with E-state index in [4.69, 9.17) is 5.11 Å². The van der Waals surface area contributed by atoms with E-state index in [1.54, 1.807) is 6.92 Å². The lowest BCUT2D eigenvalue weighted by molar-refractivity contribution is 0.0952. The van der Waals surface area contributed by atoms with Crippen molar-refractivity contribution in [3.63, 3.8) is 0 Å². The van der Waals surface area contributed by atoms with E-state index in [2.05, 4.69) is 17.2 Å².